The van der Waals surface area contributed by atoms with E-state index in [2.05, 4.69) is 31.4 Å². The monoisotopic (exact) mass is 566 g/mol. The summed E-state index contributed by atoms with van der Waals surface area (Å²) in [4.78, 5) is 25.2. The zero-order chi connectivity index (χ0) is 26.5. The van der Waals surface area contributed by atoms with Gasteiger partial charge in [0.15, 0.2) is 0 Å². The molecule has 1 fully saturated rings. The van der Waals surface area contributed by atoms with Crippen LogP contribution in [0.2, 0.25) is 20.1 Å². The van der Waals surface area contributed by atoms with Crippen LogP contribution in [-0.2, 0) is 9.59 Å². The van der Waals surface area contributed by atoms with E-state index in [0.717, 1.165) is 30.4 Å². The second-order valence-electron chi connectivity index (χ2n) is 10.5. The summed E-state index contributed by atoms with van der Waals surface area (Å²) in [6.07, 6.45) is 8.85. The number of rotatable bonds is 7. The predicted octanol–water partition coefficient (Wildman–Crippen LogP) is 7.84. The van der Waals surface area contributed by atoms with Crippen LogP contribution in [-0.4, -0.2) is 24.4 Å². The quantitative estimate of drug-likeness (QED) is 0.335. The van der Waals surface area contributed by atoms with Gasteiger partial charge in [0.25, 0.3) is 0 Å². The summed E-state index contributed by atoms with van der Waals surface area (Å²) in [6.45, 7) is 7.03. The molecule has 192 valence electrons. The van der Waals surface area contributed by atoms with Crippen LogP contribution in [0, 0.1) is 10.8 Å². The SMILES string of the molecule is CC1(C)CC(NC(=O)/C=C/c2ccc(Cl)cc2Cl)CC(C)(CNC(=O)/C=C/c2ccc(Cl)cc2Cl)C1. The lowest BCUT2D eigenvalue weighted by Gasteiger charge is -2.46. The number of carbonyl (C=O) groups excluding carboxylic acids is 2. The molecule has 2 amide bonds. The molecule has 0 radical (unpaired) electrons. The Balaban J connectivity index is 1.59. The average Bonchev–Trinajstić information content (AvgIpc) is 2.75. The number of amides is 2. The van der Waals surface area contributed by atoms with Crippen LogP contribution < -0.4 is 10.6 Å². The van der Waals surface area contributed by atoms with Crippen LogP contribution in [0.25, 0.3) is 12.2 Å². The Morgan fingerprint density at radius 2 is 1.39 bits per heavy atom. The topological polar surface area (TPSA) is 58.2 Å². The van der Waals surface area contributed by atoms with Crippen LogP contribution in [0.3, 0.4) is 0 Å². The number of carbonyl (C=O) groups is 2. The minimum atomic E-state index is -0.200. The van der Waals surface area contributed by atoms with Crippen molar-refractivity contribution in [2.75, 3.05) is 6.54 Å². The van der Waals surface area contributed by atoms with Crippen molar-refractivity contribution < 1.29 is 9.59 Å². The van der Waals surface area contributed by atoms with E-state index in [9.17, 15) is 9.59 Å². The molecular formula is C28H30Cl4N2O2. The maximum absolute atomic E-state index is 12.7. The summed E-state index contributed by atoms with van der Waals surface area (Å²) in [5.41, 5.74) is 1.27. The van der Waals surface area contributed by atoms with Crippen molar-refractivity contribution in [1.82, 2.24) is 10.6 Å². The van der Waals surface area contributed by atoms with Crippen molar-refractivity contribution in [3.8, 4) is 0 Å². The second-order valence-corrected chi connectivity index (χ2v) is 12.2. The Labute approximate surface area is 233 Å². The smallest absolute Gasteiger partial charge is 0.244 e. The number of benzene rings is 2. The molecule has 2 N–H and O–H groups in total. The van der Waals surface area contributed by atoms with Crippen molar-refractivity contribution in [1.29, 1.82) is 0 Å². The van der Waals surface area contributed by atoms with E-state index in [1.807, 2.05) is 0 Å². The van der Waals surface area contributed by atoms with E-state index in [-0.39, 0.29) is 28.7 Å². The van der Waals surface area contributed by atoms with Crippen LogP contribution >= 0.6 is 46.4 Å². The van der Waals surface area contributed by atoms with Gasteiger partial charge in [-0.25, -0.2) is 0 Å². The zero-order valence-corrected chi connectivity index (χ0v) is 23.5. The van der Waals surface area contributed by atoms with Gasteiger partial charge in [0, 0.05) is 44.8 Å². The Morgan fingerprint density at radius 3 is 1.92 bits per heavy atom. The molecule has 2 unspecified atom stereocenters. The summed E-state index contributed by atoms with van der Waals surface area (Å²) in [5, 5.41) is 8.20. The predicted molar refractivity (Wildman–Crippen MR) is 152 cm³/mol. The first-order chi connectivity index (χ1) is 16.8. The molecule has 2 atom stereocenters. The zero-order valence-electron chi connectivity index (χ0n) is 20.5. The Morgan fingerprint density at radius 1 is 0.861 bits per heavy atom. The lowest BCUT2D eigenvalue weighted by molar-refractivity contribution is -0.119. The number of nitrogens with one attached hydrogen (secondary N) is 2. The van der Waals surface area contributed by atoms with E-state index in [4.69, 9.17) is 46.4 Å². The van der Waals surface area contributed by atoms with Gasteiger partial charge in [-0.15, -0.1) is 0 Å². The van der Waals surface area contributed by atoms with Gasteiger partial charge in [-0.05, 0) is 77.6 Å². The summed E-state index contributed by atoms with van der Waals surface area (Å²) < 4.78 is 0. The highest BCUT2D eigenvalue weighted by atomic mass is 35.5. The molecule has 0 aliphatic heterocycles. The van der Waals surface area contributed by atoms with Gasteiger partial charge in [0.2, 0.25) is 11.8 Å². The lowest BCUT2D eigenvalue weighted by Crippen LogP contribution is -2.50. The maximum Gasteiger partial charge on any atom is 0.244 e. The molecular weight excluding hydrogens is 538 g/mol. The van der Waals surface area contributed by atoms with Crippen molar-refractivity contribution in [3.63, 3.8) is 0 Å². The van der Waals surface area contributed by atoms with Crippen LogP contribution in [0.4, 0.5) is 0 Å². The second kappa shape index (κ2) is 12.0. The summed E-state index contributed by atoms with van der Waals surface area (Å²) in [7, 11) is 0. The number of hydrogen-bond acceptors (Lipinski definition) is 2. The summed E-state index contributed by atoms with van der Waals surface area (Å²) in [6, 6.07) is 10.3. The van der Waals surface area contributed by atoms with E-state index in [0.29, 0.717) is 26.6 Å². The lowest BCUT2D eigenvalue weighted by atomic mass is 9.62. The highest BCUT2D eigenvalue weighted by Gasteiger charge is 2.41. The van der Waals surface area contributed by atoms with Gasteiger partial charge < -0.3 is 10.6 Å². The van der Waals surface area contributed by atoms with Gasteiger partial charge >= 0.3 is 0 Å². The van der Waals surface area contributed by atoms with Gasteiger partial charge in [-0.2, -0.15) is 0 Å². The Bertz CT molecular complexity index is 1190. The molecule has 1 saturated carbocycles. The number of hydrogen-bond donors (Lipinski definition) is 2. The minimum absolute atomic E-state index is 0.00550. The first-order valence-corrected chi connectivity index (χ1v) is 13.2. The normalized spacial score (nSPS) is 21.6. The van der Waals surface area contributed by atoms with Crippen molar-refractivity contribution >= 4 is 70.4 Å². The van der Waals surface area contributed by atoms with Gasteiger partial charge in [-0.3, -0.25) is 9.59 Å². The largest absolute Gasteiger partial charge is 0.352 e. The van der Waals surface area contributed by atoms with E-state index < -0.39 is 0 Å². The fourth-order valence-electron chi connectivity index (χ4n) is 5.08. The van der Waals surface area contributed by atoms with Crippen LogP contribution in [0.5, 0.6) is 0 Å². The van der Waals surface area contributed by atoms with Gasteiger partial charge in [-0.1, -0.05) is 79.3 Å². The van der Waals surface area contributed by atoms with Crippen molar-refractivity contribution in [3.05, 3.63) is 79.8 Å². The molecule has 1 aliphatic rings. The average molecular weight is 568 g/mol. The molecule has 2 aromatic rings. The first-order valence-electron chi connectivity index (χ1n) is 11.7. The first kappa shape index (κ1) is 28.6. The molecule has 0 spiro atoms. The van der Waals surface area contributed by atoms with Gasteiger partial charge in [0.1, 0.15) is 0 Å². The summed E-state index contributed by atoms with van der Waals surface area (Å²) >= 11 is 24.2. The third-order valence-electron chi connectivity index (χ3n) is 6.23. The van der Waals surface area contributed by atoms with E-state index in [1.54, 1.807) is 48.6 Å². The Kier molecular flexibility index (Phi) is 9.56. The highest BCUT2D eigenvalue weighted by Crippen LogP contribution is 2.45. The molecule has 2 aromatic carbocycles. The molecule has 0 saturated heterocycles. The molecule has 0 aromatic heterocycles. The molecule has 3 rings (SSSR count). The maximum atomic E-state index is 12.7. The third kappa shape index (κ3) is 8.55. The van der Waals surface area contributed by atoms with Crippen molar-refractivity contribution in [2.24, 2.45) is 10.8 Å². The standard InChI is InChI=1S/C28H30Cl4N2O2/c1-27(2)14-22(34-26(36)11-7-19-5-9-21(30)13-24(19)32)15-28(3,16-27)17-33-25(35)10-6-18-4-8-20(29)12-23(18)31/h4-13,22H,14-17H2,1-3H3,(H,33,35)(H,34,36)/b10-6+,11-7+. The van der Waals surface area contributed by atoms with Crippen LogP contribution in [0.1, 0.15) is 51.2 Å². The molecule has 36 heavy (non-hydrogen) atoms. The molecule has 0 heterocycles. The van der Waals surface area contributed by atoms with Crippen molar-refractivity contribution in [2.45, 2.75) is 46.1 Å². The third-order valence-corrected chi connectivity index (χ3v) is 7.36. The van der Waals surface area contributed by atoms with Crippen LogP contribution in [0.15, 0.2) is 48.6 Å². The molecule has 8 heteroatoms. The molecule has 4 nitrogen and oxygen atoms in total. The fourth-order valence-corrected chi connectivity index (χ4v) is 6.03. The van der Waals surface area contributed by atoms with Gasteiger partial charge in [0.05, 0.1) is 0 Å². The Hall–Kier alpha value is -1.98. The molecule has 0 bridgehead atoms. The minimum Gasteiger partial charge on any atom is -0.352 e. The van der Waals surface area contributed by atoms with E-state index in [1.165, 1.54) is 12.2 Å². The molecule has 1 aliphatic carbocycles. The summed E-state index contributed by atoms with van der Waals surface area (Å²) in [5.74, 6) is -0.383. The highest BCUT2D eigenvalue weighted by molar-refractivity contribution is 6.36. The fraction of sp³-hybridized carbons (Fsp3) is 0.357. The van der Waals surface area contributed by atoms with E-state index >= 15 is 0 Å². The number of halogens is 4.